The summed E-state index contributed by atoms with van der Waals surface area (Å²) < 4.78 is 0. The molecule has 1 aromatic carbocycles. The van der Waals surface area contributed by atoms with E-state index in [1.165, 1.54) is 0 Å². The van der Waals surface area contributed by atoms with Crippen LogP contribution in [0, 0.1) is 0 Å². The summed E-state index contributed by atoms with van der Waals surface area (Å²) in [7, 11) is 0. The number of halogens is 1. The minimum absolute atomic E-state index is 0. The highest BCUT2D eigenvalue weighted by Gasteiger charge is 1.89. The van der Waals surface area contributed by atoms with Gasteiger partial charge in [-0.2, -0.15) is 0 Å². The molecule has 0 atom stereocenters. The fourth-order valence-electron chi connectivity index (χ4n) is 0.732. The first-order valence-electron chi connectivity index (χ1n) is 3.04. The van der Waals surface area contributed by atoms with E-state index >= 15 is 0 Å². The molecule has 0 bridgehead atoms. The zero-order valence-electron chi connectivity index (χ0n) is 5.95. The molecule has 0 radical (unpaired) electrons. The van der Waals surface area contributed by atoms with Gasteiger partial charge in [-0.3, -0.25) is 11.3 Å². The highest BCUT2D eigenvalue weighted by atomic mass is 35.5. The van der Waals surface area contributed by atoms with Gasteiger partial charge in [0.1, 0.15) is 5.75 Å². The Morgan fingerprint density at radius 1 is 1.27 bits per heavy atom. The average molecular weight is 175 g/mol. The van der Waals surface area contributed by atoms with E-state index in [0.29, 0.717) is 6.54 Å². The Morgan fingerprint density at radius 3 is 2.27 bits per heavy atom. The van der Waals surface area contributed by atoms with Gasteiger partial charge in [0, 0.05) is 6.54 Å². The van der Waals surface area contributed by atoms with E-state index in [9.17, 15) is 0 Å². The maximum atomic E-state index is 8.87. The maximum absolute atomic E-state index is 8.87. The molecule has 0 unspecified atom stereocenters. The van der Waals surface area contributed by atoms with Gasteiger partial charge in [-0.25, -0.2) is 0 Å². The molecule has 0 aliphatic rings. The molecule has 4 heteroatoms. The van der Waals surface area contributed by atoms with Gasteiger partial charge in [0.2, 0.25) is 0 Å². The van der Waals surface area contributed by atoms with Crippen LogP contribution in [0.4, 0.5) is 0 Å². The Balaban J connectivity index is 0.000001000. The topological polar surface area (TPSA) is 58.3 Å². The zero-order valence-corrected chi connectivity index (χ0v) is 6.77. The van der Waals surface area contributed by atoms with Crippen LogP contribution in [0.2, 0.25) is 0 Å². The summed E-state index contributed by atoms with van der Waals surface area (Å²) in [6.07, 6.45) is 0. The molecule has 4 N–H and O–H groups in total. The summed E-state index contributed by atoms with van der Waals surface area (Å²) in [5.74, 6) is 5.36. The van der Waals surface area contributed by atoms with E-state index in [1.807, 2.05) is 12.1 Å². The first-order chi connectivity index (χ1) is 4.83. The van der Waals surface area contributed by atoms with E-state index < -0.39 is 0 Å². The standard InChI is InChI=1S/C7H10N2O.ClH/c8-9-5-6-1-3-7(10)4-2-6;/h1-4,9-10H,5,8H2;1H. The van der Waals surface area contributed by atoms with Gasteiger partial charge < -0.3 is 5.11 Å². The van der Waals surface area contributed by atoms with Gasteiger partial charge in [-0.05, 0) is 17.7 Å². The second-order valence-electron chi connectivity index (χ2n) is 2.05. The molecule has 0 aliphatic heterocycles. The lowest BCUT2D eigenvalue weighted by Crippen LogP contribution is -2.20. The highest BCUT2D eigenvalue weighted by molar-refractivity contribution is 5.85. The van der Waals surface area contributed by atoms with Crippen molar-refractivity contribution in [3.63, 3.8) is 0 Å². The van der Waals surface area contributed by atoms with Gasteiger partial charge in [0.05, 0.1) is 0 Å². The zero-order chi connectivity index (χ0) is 7.40. The van der Waals surface area contributed by atoms with Crippen LogP contribution >= 0.6 is 12.4 Å². The van der Waals surface area contributed by atoms with Gasteiger partial charge in [0.15, 0.2) is 0 Å². The van der Waals surface area contributed by atoms with Crippen LogP contribution < -0.4 is 11.3 Å². The van der Waals surface area contributed by atoms with Crippen molar-refractivity contribution in [2.24, 2.45) is 5.84 Å². The number of hydrazine groups is 1. The lowest BCUT2D eigenvalue weighted by Gasteiger charge is -1.97. The summed E-state index contributed by atoms with van der Waals surface area (Å²) in [5.41, 5.74) is 3.58. The molecular formula is C7H11ClN2O. The van der Waals surface area contributed by atoms with E-state index in [0.717, 1.165) is 5.56 Å². The number of phenols is 1. The Morgan fingerprint density at radius 2 is 1.82 bits per heavy atom. The van der Waals surface area contributed by atoms with Crippen molar-refractivity contribution < 1.29 is 5.11 Å². The second kappa shape index (κ2) is 4.96. The normalized spacial score (nSPS) is 8.82. The van der Waals surface area contributed by atoms with Crippen molar-refractivity contribution in [2.45, 2.75) is 6.54 Å². The number of hydrogen-bond donors (Lipinski definition) is 3. The Kier molecular flexibility index (Phi) is 4.61. The second-order valence-corrected chi connectivity index (χ2v) is 2.05. The number of rotatable bonds is 2. The maximum Gasteiger partial charge on any atom is 0.115 e. The van der Waals surface area contributed by atoms with Crippen LogP contribution in [0.5, 0.6) is 5.75 Å². The molecule has 0 aromatic heterocycles. The molecule has 0 saturated carbocycles. The van der Waals surface area contributed by atoms with E-state index in [4.69, 9.17) is 10.9 Å². The number of hydrogen-bond acceptors (Lipinski definition) is 3. The quantitative estimate of drug-likeness (QED) is 0.459. The molecule has 0 heterocycles. The molecule has 0 amide bonds. The van der Waals surface area contributed by atoms with Crippen LogP contribution in [-0.2, 0) is 6.54 Å². The summed E-state index contributed by atoms with van der Waals surface area (Å²) >= 11 is 0. The van der Waals surface area contributed by atoms with Crippen molar-refractivity contribution in [1.29, 1.82) is 0 Å². The van der Waals surface area contributed by atoms with Crippen LogP contribution in [0.15, 0.2) is 24.3 Å². The molecule has 1 aromatic rings. The third-order valence-electron chi connectivity index (χ3n) is 1.24. The van der Waals surface area contributed by atoms with Gasteiger partial charge in [0.25, 0.3) is 0 Å². The number of nitrogens with one attached hydrogen (secondary N) is 1. The van der Waals surface area contributed by atoms with Crippen LogP contribution in [0.25, 0.3) is 0 Å². The Bertz CT molecular complexity index is 200. The van der Waals surface area contributed by atoms with Gasteiger partial charge in [-0.1, -0.05) is 12.1 Å². The Labute approximate surface area is 71.6 Å². The largest absolute Gasteiger partial charge is 0.508 e. The number of nitrogens with two attached hydrogens (primary N) is 1. The predicted octanol–water partition coefficient (Wildman–Crippen LogP) is 0.777. The number of phenolic OH excluding ortho intramolecular Hbond substituents is 1. The van der Waals surface area contributed by atoms with Crippen LogP contribution in [0.1, 0.15) is 5.56 Å². The summed E-state index contributed by atoms with van der Waals surface area (Å²) in [6, 6.07) is 6.89. The van der Waals surface area contributed by atoms with Crippen LogP contribution in [-0.4, -0.2) is 5.11 Å². The fourth-order valence-corrected chi connectivity index (χ4v) is 0.732. The third kappa shape index (κ3) is 3.23. The molecule has 0 saturated heterocycles. The number of aromatic hydroxyl groups is 1. The first-order valence-corrected chi connectivity index (χ1v) is 3.04. The van der Waals surface area contributed by atoms with Crippen molar-refractivity contribution in [3.8, 4) is 5.75 Å². The summed E-state index contributed by atoms with van der Waals surface area (Å²) in [6.45, 7) is 0.625. The average Bonchev–Trinajstić information content (AvgIpc) is 1.95. The predicted molar refractivity (Wildman–Crippen MR) is 46.4 cm³/mol. The first kappa shape index (κ1) is 10.2. The smallest absolute Gasteiger partial charge is 0.115 e. The van der Waals surface area contributed by atoms with Gasteiger partial charge >= 0.3 is 0 Å². The third-order valence-corrected chi connectivity index (χ3v) is 1.24. The fraction of sp³-hybridized carbons (Fsp3) is 0.143. The Hall–Kier alpha value is -0.770. The van der Waals surface area contributed by atoms with E-state index in [1.54, 1.807) is 12.1 Å². The lowest BCUT2D eigenvalue weighted by molar-refractivity contribution is 0.475. The molecular weight excluding hydrogens is 164 g/mol. The molecule has 3 nitrogen and oxygen atoms in total. The monoisotopic (exact) mass is 174 g/mol. The molecule has 62 valence electrons. The summed E-state index contributed by atoms with van der Waals surface area (Å²) in [4.78, 5) is 0. The van der Waals surface area contributed by atoms with Crippen molar-refractivity contribution >= 4 is 12.4 Å². The SMILES string of the molecule is Cl.NNCc1ccc(O)cc1. The molecule has 0 aliphatic carbocycles. The number of benzene rings is 1. The summed E-state index contributed by atoms with van der Waals surface area (Å²) in [5, 5.41) is 8.87. The van der Waals surface area contributed by atoms with E-state index in [-0.39, 0.29) is 18.2 Å². The molecule has 11 heavy (non-hydrogen) atoms. The molecule has 1 rings (SSSR count). The molecule has 0 spiro atoms. The van der Waals surface area contributed by atoms with Gasteiger partial charge in [-0.15, -0.1) is 12.4 Å². The van der Waals surface area contributed by atoms with E-state index in [2.05, 4.69) is 5.43 Å². The minimum atomic E-state index is 0. The lowest BCUT2D eigenvalue weighted by atomic mass is 10.2. The van der Waals surface area contributed by atoms with Crippen LogP contribution in [0.3, 0.4) is 0 Å². The van der Waals surface area contributed by atoms with Crippen molar-refractivity contribution in [3.05, 3.63) is 29.8 Å². The van der Waals surface area contributed by atoms with Crippen molar-refractivity contribution in [1.82, 2.24) is 5.43 Å². The van der Waals surface area contributed by atoms with Crippen molar-refractivity contribution in [2.75, 3.05) is 0 Å². The molecule has 0 fully saturated rings. The highest BCUT2D eigenvalue weighted by Crippen LogP contribution is 2.08. The minimum Gasteiger partial charge on any atom is -0.508 e.